The van der Waals surface area contributed by atoms with Crippen molar-refractivity contribution in [3.63, 3.8) is 0 Å². The van der Waals surface area contributed by atoms with Gasteiger partial charge in [-0.1, -0.05) is 56.3 Å². The molecule has 0 spiro atoms. The van der Waals surface area contributed by atoms with Crippen molar-refractivity contribution < 1.29 is 23.1 Å². The number of alkyl halides is 3. The molecule has 4 aromatic rings. The maximum Gasteiger partial charge on any atom is 0.435 e. The Bertz CT molecular complexity index is 1670. The summed E-state index contributed by atoms with van der Waals surface area (Å²) in [5.41, 5.74) is 1.46. The second-order valence-corrected chi connectivity index (χ2v) is 12.1. The van der Waals surface area contributed by atoms with E-state index in [1.165, 1.54) is 36.2 Å². The van der Waals surface area contributed by atoms with Crippen LogP contribution in [0.15, 0.2) is 78.9 Å². The van der Waals surface area contributed by atoms with Crippen LogP contribution in [0.25, 0.3) is 5.69 Å². The molecule has 0 radical (unpaired) electrons. The van der Waals surface area contributed by atoms with E-state index >= 15 is 0 Å². The van der Waals surface area contributed by atoms with E-state index in [0.717, 1.165) is 42.4 Å². The average Bonchev–Trinajstić information content (AvgIpc) is 3.60. The number of anilines is 1. The number of hydrogen-bond acceptors (Lipinski definition) is 5. The molecular weight excluding hydrogens is 579 g/mol. The molecule has 1 fully saturated rings. The first-order valence-corrected chi connectivity index (χ1v) is 15.1. The Morgan fingerprint density at radius 3 is 2.51 bits per heavy atom. The van der Waals surface area contributed by atoms with Gasteiger partial charge in [-0.05, 0) is 97.1 Å². The Hall–Kier alpha value is -4.46. The van der Waals surface area contributed by atoms with Gasteiger partial charge in [-0.2, -0.15) is 23.5 Å². The molecule has 0 bridgehead atoms. The third-order valence-electron chi connectivity index (χ3n) is 8.04. The minimum Gasteiger partial charge on any atom is -0.384 e. The molecular formula is C35H36F3N5O2. The number of benzene rings is 3. The van der Waals surface area contributed by atoms with E-state index in [9.17, 15) is 28.3 Å². The molecule has 1 aliphatic rings. The number of hydrogen-bond donors (Lipinski definition) is 3. The SMILES string of the molecule is CC(C)CNCC1CC1CCc1ccc(C(O)c2cccc(NC(=O)c3cc(C(F)(F)F)nn3-c3cccc(C#N)c3)c2)cc1. The Balaban J connectivity index is 1.24. The monoisotopic (exact) mass is 615 g/mol. The summed E-state index contributed by atoms with van der Waals surface area (Å²) < 4.78 is 41.5. The number of nitriles is 1. The van der Waals surface area contributed by atoms with Crippen LogP contribution in [0, 0.1) is 29.1 Å². The molecule has 45 heavy (non-hydrogen) atoms. The predicted octanol–water partition coefficient (Wildman–Crippen LogP) is 6.91. The molecule has 0 aliphatic heterocycles. The normalized spacial score (nSPS) is 16.8. The third kappa shape index (κ3) is 8.18. The van der Waals surface area contributed by atoms with E-state index in [1.807, 2.05) is 30.3 Å². The zero-order chi connectivity index (χ0) is 32.1. The van der Waals surface area contributed by atoms with Gasteiger partial charge in [0.1, 0.15) is 11.8 Å². The number of halogens is 3. The summed E-state index contributed by atoms with van der Waals surface area (Å²) in [6, 6.07) is 22.8. The fourth-order valence-corrected chi connectivity index (χ4v) is 5.45. The fraction of sp³-hybridized carbons (Fsp3) is 0.343. The van der Waals surface area contributed by atoms with E-state index in [1.54, 1.807) is 24.3 Å². The van der Waals surface area contributed by atoms with Crippen molar-refractivity contribution in [2.45, 2.75) is 45.4 Å². The minimum atomic E-state index is -4.78. The number of amides is 1. The number of rotatable bonds is 12. The van der Waals surface area contributed by atoms with Gasteiger partial charge in [0.2, 0.25) is 0 Å². The first-order chi connectivity index (χ1) is 21.5. The van der Waals surface area contributed by atoms with E-state index < -0.39 is 23.9 Å². The zero-order valence-electron chi connectivity index (χ0n) is 25.2. The number of aryl methyl sites for hydroxylation is 1. The maximum absolute atomic E-state index is 13.5. The van der Waals surface area contributed by atoms with Gasteiger partial charge in [-0.25, -0.2) is 4.68 Å². The van der Waals surface area contributed by atoms with Crippen molar-refractivity contribution in [2.75, 3.05) is 18.4 Å². The number of carbonyl (C=O) groups is 1. The van der Waals surface area contributed by atoms with Crippen LogP contribution in [0.2, 0.25) is 0 Å². The van der Waals surface area contributed by atoms with Crippen LogP contribution in [0.4, 0.5) is 18.9 Å². The summed E-state index contributed by atoms with van der Waals surface area (Å²) in [6.07, 6.45) is -2.35. The van der Waals surface area contributed by atoms with Gasteiger partial charge in [0, 0.05) is 11.8 Å². The molecule has 3 N–H and O–H groups in total. The van der Waals surface area contributed by atoms with Crippen LogP contribution in [0.5, 0.6) is 0 Å². The summed E-state index contributed by atoms with van der Waals surface area (Å²) in [4.78, 5) is 13.2. The quantitative estimate of drug-likeness (QED) is 0.161. The summed E-state index contributed by atoms with van der Waals surface area (Å²) in [7, 11) is 0. The maximum atomic E-state index is 13.5. The number of carbonyl (C=O) groups excluding carboxylic acids is 1. The number of aliphatic hydroxyl groups excluding tert-OH is 1. The van der Waals surface area contributed by atoms with Crippen LogP contribution in [-0.2, 0) is 12.6 Å². The first-order valence-electron chi connectivity index (χ1n) is 15.1. The lowest BCUT2D eigenvalue weighted by Gasteiger charge is -2.14. The van der Waals surface area contributed by atoms with E-state index in [-0.39, 0.29) is 16.9 Å². The molecule has 234 valence electrons. The zero-order valence-corrected chi connectivity index (χ0v) is 25.2. The lowest BCUT2D eigenvalue weighted by atomic mass is 9.98. The molecule has 3 unspecified atom stereocenters. The lowest BCUT2D eigenvalue weighted by Crippen LogP contribution is -2.22. The highest BCUT2D eigenvalue weighted by Crippen LogP contribution is 2.41. The summed E-state index contributed by atoms with van der Waals surface area (Å²) in [5, 5.41) is 30.1. The van der Waals surface area contributed by atoms with E-state index in [4.69, 9.17) is 0 Å². The molecule has 3 atom stereocenters. The molecule has 10 heteroatoms. The number of nitrogens with zero attached hydrogens (tertiary/aromatic N) is 3. The van der Waals surface area contributed by atoms with Crippen molar-refractivity contribution in [1.82, 2.24) is 15.1 Å². The van der Waals surface area contributed by atoms with Crippen LogP contribution in [0.1, 0.15) is 71.2 Å². The standard InChI is InChI=1S/C35H36F3N5O2/c1-22(2)20-40-21-28-16-26(28)14-11-23-9-12-25(13-10-23)33(44)27-6-4-7-29(17-27)41-34(45)31-18-32(35(36,37)38)42-43(31)30-8-3-5-24(15-30)19-39/h3-10,12-13,15,17-18,22,26,28,33,40,44H,11,14,16,20-21H2,1-2H3,(H,41,45). The molecule has 1 aliphatic carbocycles. The second-order valence-electron chi connectivity index (χ2n) is 12.1. The molecule has 1 amide bonds. The lowest BCUT2D eigenvalue weighted by molar-refractivity contribution is -0.141. The highest BCUT2D eigenvalue weighted by atomic mass is 19.4. The smallest absolute Gasteiger partial charge is 0.384 e. The molecule has 7 nitrogen and oxygen atoms in total. The summed E-state index contributed by atoms with van der Waals surface area (Å²) >= 11 is 0. The van der Waals surface area contributed by atoms with Gasteiger partial charge in [0.25, 0.3) is 5.91 Å². The first kappa shape index (κ1) is 31.9. The van der Waals surface area contributed by atoms with Gasteiger partial charge < -0.3 is 15.7 Å². The van der Waals surface area contributed by atoms with Gasteiger partial charge in [0.05, 0.1) is 17.3 Å². The van der Waals surface area contributed by atoms with Crippen LogP contribution in [-0.4, -0.2) is 33.9 Å². The van der Waals surface area contributed by atoms with Crippen molar-refractivity contribution >= 4 is 11.6 Å². The predicted molar refractivity (Wildman–Crippen MR) is 166 cm³/mol. The van der Waals surface area contributed by atoms with Crippen molar-refractivity contribution in [3.05, 3.63) is 113 Å². The Labute approximate surface area is 260 Å². The summed E-state index contributed by atoms with van der Waals surface area (Å²) in [5.74, 6) is 1.35. The van der Waals surface area contributed by atoms with Gasteiger partial charge in [-0.3, -0.25) is 4.79 Å². The topological polar surface area (TPSA) is 103 Å². The second kappa shape index (κ2) is 13.7. The van der Waals surface area contributed by atoms with Crippen molar-refractivity contribution in [1.29, 1.82) is 5.26 Å². The molecule has 5 rings (SSSR count). The molecule has 1 heterocycles. The van der Waals surface area contributed by atoms with E-state index in [2.05, 4.69) is 29.6 Å². The Kier molecular flexibility index (Phi) is 9.71. The molecule has 0 saturated heterocycles. The average molecular weight is 616 g/mol. The van der Waals surface area contributed by atoms with Crippen molar-refractivity contribution in [2.24, 2.45) is 17.8 Å². The Morgan fingerprint density at radius 1 is 1.04 bits per heavy atom. The molecule has 1 saturated carbocycles. The van der Waals surface area contributed by atoms with Crippen LogP contribution >= 0.6 is 0 Å². The number of aliphatic hydroxyl groups is 1. The minimum absolute atomic E-state index is 0.137. The number of aromatic nitrogens is 2. The molecule has 1 aromatic heterocycles. The highest BCUT2D eigenvalue weighted by Gasteiger charge is 2.37. The number of nitrogens with one attached hydrogen (secondary N) is 2. The third-order valence-corrected chi connectivity index (χ3v) is 8.04. The van der Waals surface area contributed by atoms with Gasteiger partial charge >= 0.3 is 6.18 Å². The largest absolute Gasteiger partial charge is 0.435 e. The summed E-state index contributed by atoms with van der Waals surface area (Å²) in [6.45, 7) is 6.56. The van der Waals surface area contributed by atoms with E-state index in [0.29, 0.717) is 28.8 Å². The Morgan fingerprint density at radius 2 is 1.80 bits per heavy atom. The highest BCUT2D eigenvalue weighted by molar-refractivity contribution is 6.03. The van der Waals surface area contributed by atoms with Crippen LogP contribution < -0.4 is 10.6 Å². The molecule has 3 aromatic carbocycles. The van der Waals surface area contributed by atoms with Gasteiger partial charge in [0.15, 0.2) is 5.69 Å². The fourth-order valence-electron chi connectivity index (χ4n) is 5.45. The van der Waals surface area contributed by atoms with Gasteiger partial charge in [-0.15, -0.1) is 0 Å². The van der Waals surface area contributed by atoms with Crippen LogP contribution in [0.3, 0.4) is 0 Å². The van der Waals surface area contributed by atoms with Crippen molar-refractivity contribution in [3.8, 4) is 11.8 Å².